The van der Waals surface area contributed by atoms with Crippen molar-refractivity contribution in [3.63, 3.8) is 0 Å². The monoisotopic (exact) mass is 303 g/mol. The Morgan fingerprint density at radius 3 is 2.14 bits per heavy atom. The molecule has 0 saturated heterocycles. The quantitative estimate of drug-likeness (QED) is 0.347. The number of nitrogens with one attached hydrogen (secondary N) is 2. The lowest BCUT2D eigenvalue weighted by atomic mass is 10.0. The van der Waals surface area contributed by atoms with Crippen LogP contribution >= 0.6 is 0 Å². The Bertz CT molecular complexity index is 410. The summed E-state index contributed by atoms with van der Waals surface area (Å²) >= 11 is 0. The minimum absolute atomic E-state index is 0.0529. The number of carbonyl (C=O) groups is 4. The minimum Gasteiger partial charge on any atom is -0.480 e. The Morgan fingerprint density at radius 1 is 1.14 bits per heavy atom. The molecule has 0 aromatic heterocycles. The van der Waals surface area contributed by atoms with Gasteiger partial charge in [0, 0.05) is 6.42 Å². The molecule has 2 amide bonds. The Labute approximate surface area is 121 Å². The predicted octanol–water partition coefficient (Wildman–Crippen LogP) is -1.48. The Balaban J connectivity index is 4.43. The third kappa shape index (κ3) is 7.88. The molecule has 0 saturated carbocycles. The molecule has 9 heteroatoms. The fraction of sp³-hybridized carbons (Fsp3) is 0.667. The minimum atomic E-state index is -1.21. The van der Waals surface area contributed by atoms with Crippen LogP contribution in [0.15, 0.2) is 0 Å². The summed E-state index contributed by atoms with van der Waals surface area (Å²) in [7, 11) is 0. The fourth-order valence-corrected chi connectivity index (χ4v) is 1.46. The zero-order chi connectivity index (χ0) is 16.6. The second-order valence-corrected chi connectivity index (χ2v) is 4.88. The van der Waals surface area contributed by atoms with E-state index in [1.54, 1.807) is 13.8 Å². The van der Waals surface area contributed by atoms with E-state index >= 15 is 0 Å². The maximum absolute atomic E-state index is 11.8. The maximum atomic E-state index is 11.8. The highest BCUT2D eigenvalue weighted by Crippen LogP contribution is 2.03. The van der Waals surface area contributed by atoms with Crippen LogP contribution in [0.5, 0.6) is 0 Å². The summed E-state index contributed by atoms with van der Waals surface area (Å²) in [5, 5.41) is 21.7. The topological polar surface area (TPSA) is 159 Å². The van der Waals surface area contributed by atoms with Gasteiger partial charge in [-0.15, -0.1) is 0 Å². The Morgan fingerprint density at radius 2 is 1.71 bits per heavy atom. The lowest BCUT2D eigenvalue weighted by Crippen LogP contribution is -2.50. The summed E-state index contributed by atoms with van der Waals surface area (Å²) in [4.78, 5) is 44.3. The van der Waals surface area contributed by atoms with Crippen LogP contribution < -0.4 is 16.4 Å². The average molecular weight is 303 g/mol. The average Bonchev–Trinajstić information content (AvgIpc) is 2.38. The van der Waals surface area contributed by atoms with E-state index in [-0.39, 0.29) is 18.8 Å². The van der Waals surface area contributed by atoms with Gasteiger partial charge in [0.15, 0.2) is 0 Å². The third-order valence-corrected chi connectivity index (χ3v) is 2.68. The van der Waals surface area contributed by atoms with Crippen molar-refractivity contribution in [1.82, 2.24) is 10.6 Å². The van der Waals surface area contributed by atoms with E-state index in [1.807, 2.05) is 0 Å². The molecule has 0 aromatic rings. The molecule has 9 nitrogen and oxygen atoms in total. The van der Waals surface area contributed by atoms with Gasteiger partial charge in [0.2, 0.25) is 11.8 Å². The number of carbonyl (C=O) groups excluding carboxylic acids is 2. The number of hydrogen-bond donors (Lipinski definition) is 5. The van der Waals surface area contributed by atoms with Gasteiger partial charge in [0.25, 0.3) is 0 Å². The van der Waals surface area contributed by atoms with Gasteiger partial charge in [0.05, 0.1) is 0 Å². The van der Waals surface area contributed by atoms with Crippen molar-refractivity contribution >= 4 is 23.8 Å². The molecular weight excluding hydrogens is 282 g/mol. The number of aliphatic carboxylic acids is 2. The zero-order valence-corrected chi connectivity index (χ0v) is 12.0. The molecule has 0 spiro atoms. The van der Waals surface area contributed by atoms with Crippen LogP contribution in [0.25, 0.3) is 0 Å². The second kappa shape index (κ2) is 8.90. The normalized spacial score (nSPS) is 13.3. The first-order valence-corrected chi connectivity index (χ1v) is 6.42. The number of amides is 2. The molecular formula is C12H21N3O6. The van der Waals surface area contributed by atoms with Crippen LogP contribution in [0.2, 0.25) is 0 Å². The van der Waals surface area contributed by atoms with Crippen molar-refractivity contribution in [3.05, 3.63) is 0 Å². The summed E-state index contributed by atoms with van der Waals surface area (Å²) in [6, 6.07) is -2.04. The molecule has 21 heavy (non-hydrogen) atoms. The highest BCUT2D eigenvalue weighted by molar-refractivity contribution is 5.89. The van der Waals surface area contributed by atoms with E-state index in [1.165, 1.54) is 0 Å². The molecule has 0 aliphatic rings. The second-order valence-electron chi connectivity index (χ2n) is 4.88. The highest BCUT2D eigenvalue weighted by Gasteiger charge is 2.24. The van der Waals surface area contributed by atoms with Crippen LogP contribution in [0, 0.1) is 5.92 Å². The maximum Gasteiger partial charge on any atom is 0.322 e. The molecule has 0 aliphatic heterocycles. The molecule has 0 fully saturated rings. The van der Waals surface area contributed by atoms with Crippen molar-refractivity contribution in [2.24, 2.45) is 11.7 Å². The van der Waals surface area contributed by atoms with Gasteiger partial charge >= 0.3 is 11.9 Å². The van der Waals surface area contributed by atoms with Crippen molar-refractivity contribution in [2.45, 2.75) is 38.8 Å². The van der Waals surface area contributed by atoms with E-state index in [0.29, 0.717) is 0 Å². The molecule has 0 unspecified atom stereocenters. The zero-order valence-electron chi connectivity index (χ0n) is 12.0. The summed E-state index contributed by atoms with van der Waals surface area (Å²) < 4.78 is 0. The van der Waals surface area contributed by atoms with Crippen LogP contribution in [0.1, 0.15) is 26.7 Å². The number of rotatable bonds is 9. The molecule has 0 aromatic carbocycles. The predicted molar refractivity (Wildman–Crippen MR) is 72.3 cm³/mol. The molecule has 120 valence electrons. The molecule has 6 N–H and O–H groups in total. The SMILES string of the molecule is CC(C)[C@H](NC(=O)CC[C@H](N)C(=O)O)C(=O)NCC(=O)O. The first-order chi connectivity index (χ1) is 9.65. The van der Waals surface area contributed by atoms with E-state index in [9.17, 15) is 19.2 Å². The van der Waals surface area contributed by atoms with Crippen LogP contribution in [0.4, 0.5) is 0 Å². The lowest BCUT2D eigenvalue weighted by molar-refractivity contribution is -0.139. The summed E-state index contributed by atoms with van der Waals surface area (Å²) in [6.45, 7) is 2.84. The van der Waals surface area contributed by atoms with Gasteiger partial charge in [-0.2, -0.15) is 0 Å². The number of carboxylic acid groups (broad SMARTS) is 2. The number of hydrogen-bond acceptors (Lipinski definition) is 5. The van der Waals surface area contributed by atoms with Crippen molar-refractivity contribution < 1.29 is 29.4 Å². The summed E-state index contributed by atoms with van der Waals surface area (Å²) in [5.74, 6) is -3.78. The number of nitrogens with two attached hydrogens (primary N) is 1. The van der Waals surface area contributed by atoms with Gasteiger partial charge in [-0.3, -0.25) is 19.2 Å². The van der Waals surface area contributed by atoms with Gasteiger partial charge in [-0.1, -0.05) is 13.8 Å². The van der Waals surface area contributed by atoms with Gasteiger partial charge < -0.3 is 26.6 Å². The Kier molecular flexibility index (Phi) is 7.99. The molecule has 0 rings (SSSR count). The van der Waals surface area contributed by atoms with Crippen molar-refractivity contribution in [1.29, 1.82) is 0 Å². The molecule has 0 radical (unpaired) electrons. The number of carboxylic acids is 2. The lowest BCUT2D eigenvalue weighted by Gasteiger charge is -2.21. The van der Waals surface area contributed by atoms with Gasteiger partial charge in [-0.05, 0) is 12.3 Å². The highest BCUT2D eigenvalue weighted by atomic mass is 16.4. The third-order valence-electron chi connectivity index (χ3n) is 2.68. The molecule has 0 aliphatic carbocycles. The summed E-state index contributed by atoms with van der Waals surface area (Å²) in [6.07, 6.45) is -0.189. The largest absolute Gasteiger partial charge is 0.480 e. The van der Waals surface area contributed by atoms with E-state index in [0.717, 1.165) is 0 Å². The first kappa shape index (κ1) is 18.8. The van der Waals surface area contributed by atoms with E-state index in [2.05, 4.69) is 10.6 Å². The first-order valence-electron chi connectivity index (χ1n) is 6.42. The van der Waals surface area contributed by atoms with Crippen LogP contribution in [-0.4, -0.2) is 52.6 Å². The smallest absolute Gasteiger partial charge is 0.322 e. The molecule has 0 heterocycles. The standard InChI is InChI=1S/C12H21N3O6/c1-6(2)10(11(19)14-5-9(17)18)15-8(16)4-3-7(13)12(20)21/h6-7,10H,3-5,13H2,1-2H3,(H,14,19)(H,15,16)(H,17,18)(H,20,21)/t7-,10-/m0/s1. The molecule has 2 atom stereocenters. The Hall–Kier alpha value is -2.16. The fourth-order valence-electron chi connectivity index (χ4n) is 1.46. The van der Waals surface area contributed by atoms with Gasteiger partial charge in [0.1, 0.15) is 18.6 Å². The van der Waals surface area contributed by atoms with Crippen LogP contribution in [-0.2, 0) is 19.2 Å². The van der Waals surface area contributed by atoms with Crippen molar-refractivity contribution in [3.8, 4) is 0 Å². The molecule has 0 bridgehead atoms. The van der Waals surface area contributed by atoms with E-state index in [4.69, 9.17) is 15.9 Å². The summed E-state index contributed by atoms with van der Waals surface area (Å²) in [5.41, 5.74) is 5.27. The van der Waals surface area contributed by atoms with Crippen molar-refractivity contribution in [2.75, 3.05) is 6.54 Å². The van der Waals surface area contributed by atoms with Crippen LogP contribution in [0.3, 0.4) is 0 Å². The van der Waals surface area contributed by atoms with Gasteiger partial charge in [-0.25, -0.2) is 0 Å². The van der Waals surface area contributed by atoms with E-state index < -0.39 is 42.4 Å².